The molecule has 2 rings (SSSR count). The van der Waals surface area contributed by atoms with Gasteiger partial charge in [-0.1, -0.05) is 60.0 Å². The van der Waals surface area contributed by atoms with Gasteiger partial charge in [0.15, 0.2) is 0 Å². The molecule has 1 unspecified atom stereocenters. The molecule has 0 saturated carbocycles. The van der Waals surface area contributed by atoms with E-state index in [2.05, 4.69) is 43.4 Å². The highest BCUT2D eigenvalue weighted by Crippen LogP contribution is 2.30. The molecule has 0 aromatic heterocycles. The largest absolute Gasteiger partial charge is 0.377 e. The van der Waals surface area contributed by atoms with Crippen LogP contribution in [0.15, 0.2) is 42.5 Å². The van der Waals surface area contributed by atoms with Crippen molar-refractivity contribution in [2.75, 3.05) is 5.32 Å². The Morgan fingerprint density at radius 3 is 2.37 bits per heavy atom. The second-order valence-electron chi connectivity index (χ2n) is 4.64. The van der Waals surface area contributed by atoms with E-state index in [-0.39, 0.29) is 6.04 Å². The molecular weight excluding hydrogens is 277 g/mol. The highest BCUT2D eigenvalue weighted by atomic mass is 35.5. The first-order valence-corrected chi connectivity index (χ1v) is 7.14. The third-order valence-electron chi connectivity index (χ3n) is 3.15. The standard InChI is InChI=1S/C16H17Cl2N/c1-3-15(12-6-4-11(2)5-7-12)19-16-10-13(17)8-9-14(16)18/h4-10,15,19H,3H2,1-2H3. The molecule has 0 saturated heterocycles. The van der Waals surface area contributed by atoms with Crippen LogP contribution in [0.4, 0.5) is 5.69 Å². The average Bonchev–Trinajstić information content (AvgIpc) is 2.41. The van der Waals surface area contributed by atoms with E-state index in [0.29, 0.717) is 10.0 Å². The molecule has 0 bridgehead atoms. The summed E-state index contributed by atoms with van der Waals surface area (Å²) in [4.78, 5) is 0. The van der Waals surface area contributed by atoms with Gasteiger partial charge in [-0.2, -0.15) is 0 Å². The van der Waals surface area contributed by atoms with Crippen LogP contribution in [0.3, 0.4) is 0 Å². The molecule has 0 spiro atoms. The van der Waals surface area contributed by atoms with E-state index in [1.807, 2.05) is 12.1 Å². The minimum Gasteiger partial charge on any atom is -0.377 e. The Morgan fingerprint density at radius 2 is 1.74 bits per heavy atom. The van der Waals surface area contributed by atoms with Crippen molar-refractivity contribution in [1.29, 1.82) is 0 Å². The quantitative estimate of drug-likeness (QED) is 0.744. The fraction of sp³-hybridized carbons (Fsp3) is 0.250. The van der Waals surface area contributed by atoms with Crippen molar-refractivity contribution in [3.8, 4) is 0 Å². The SMILES string of the molecule is CCC(Nc1cc(Cl)ccc1Cl)c1ccc(C)cc1. The van der Waals surface area contributed by atoms with Gasteiger partial charge >= 0.3 is 0 Å². The van der Waals surface area contributed by atoms with Crippen molar-refractivity contribution < 1.29 is 0 Å². The Hall–Kier alpha value is -1.18. The van der Waals surface area contributed by atoms with Crippen LogP contribution in [0.5, 0.6) is 0 Å². The molecule has 0 aliphatic heterocycles. The molecule has 1 N–H and O–H groups in total. The first-order chi connectivity index (χ1) is 9.10. The smallest absolute Gasteiger partial charge is 0.0638 e. The van der Waals surface area contributed by atoms with E-state index >= 15 is 0 Å². The molecule has 1 nitrogen and oxygen atoms in total. The van der Waals surface area contributed by atoms with Gasteiger partial charge in [-0.15, -0.1) is 0 Å². The summed E-state index contributed by atoms with van der Waals surface area (Å²) in [6.45, 7) is 4.24. The molecular formula is C16H17Cl2N. The predicted molar refractivity (Wildman–Crippen MR) is 84.3 cm³/mol. The fourth-order valence-electron chi connectivity index (χ4n) is 2.02. The van der Waals surface area contributed by atoms with E-state index in [0.717, 1.165) is 12.1 Å². The Morgan fingerprint density at radius 1 is 1.05 bits per heavy atom. The molecule has 0 aliphatic carbocycles. The number of anilines is 1. The van der Waals surface area contributed by atoms with Crippen LogP contribution in [0.1, 0.15) is 30.5 Å². The zero-order valence-corrected chi connectivity index (χ0v) is 12.6. The lowest BCUT2D eigenvalue weighted by molar-refractivity contribution is 0.749. The molecule has 3 heteroatoms. The third kappa shape index (κ3) is 3.65. The van der Waals surface area contributed by atoms with Crippen LogP contribution in [0, 0.1) is 6.92 Å². The summed E-state index contributed by atoms with van der Waals surface area (Å²) in [7, 11) is 0. The second-order valence-corrected chi connectivity index (χ2v) is 5.48. The lowest BCUT2D eigenvalue weighted by Gasteiger charge is -2.20. The van der Waals surface area contributed by atoms with Gasteiger partial charge < -0.3 is 5.32 Å². The van der Waals surface area contributed by atoms with E-state index in [4.69, 9.17) is 23.2 Å². The Kier molecular flexibility index (Phi) is 4.73. The van der Waals surface area contributed by atoms with E-state index in [1.54, 1.807) is 6.07 Å². The molecule has 0 radical (unpaired) electrons. The maximum Gasteiger partial charge on any atom is 0.0638 e. The van der Waals surface area contributed by atoms with Crippen LogP contribution < -0.4 is 5.32 Å². The van der Waals surface area contributed by atoms with E-state index < -0.39 is 0 Å². The molecule has 2 aromatic rings. The van der Waals surface area contributed by atoms with Crippen LogP contribution in [0.25, 0.3) is 0 Å². The number of halogens is 2. The second kappa shape index (κ2) is 6.31. The average molecular weight is 294 g/mol. The van der Waals surface area contributed by atoms with Gasteiger partial charge in [0.05, 0.1) is 16.8 Å². The van der Waals surface area contributed by atoms with Crippen molar-refractivity contribution in [1.82, 2.24) is 0 Å². The first-order valence-electron chi connectivity index (χ1n) is 6.38. The van der Waals surface area contributed by atoms with Crippen molar-refractivity contribution in [2.45, 2.75) is 26.3 Å². The van der Waals surface area contributed by atoms with Crippen molar-refractivity contribution in [3.63, 3.8) is 0 Å². The summed E-state index contributed by atoms with van der Waals surface area (Å²) in [6.07, 6.45) is 0.978. The van der Waals surface area contributed by atoms with Gasteiger partial charge in [0.2, 0.25) is 0 Å². The minimum atomic E-state index is 0.233. The predicted octanol–water partition coefficient (Wildman–Crippen LogP) is 5.87. The lowest BCUT2D eigenvalue weighted by atomic mass is 10.0. The number of benzene rings is 2. The number of hydrogen-bond donors (Lipinski definition) is 1. The van der Waals surface area contributed by atoms with Crippen molar-refractivity contribution in [3.05, 3.63) is 63.6 Å². The lowest BCUT2D eigenvalue weighted by Crippen LogP contribution is -2.10. The number of aryl methyl sites for hydroxylation is 1. The van der Waals surface area contributed by atoms with Gasteiger partial charge in [-0.25, -0.2) is 0 Å². The van der Waals surface area contributed by atoms with Crippen molar-refractivity contribution in [2.24, 2.45) is 0 Å². The number of nitrogens with one attached hydrogen (secondary N) is 1. The van der Waals surface area contributed by atoms with Gasteiger partial charge in [-0.05, 0) is 37.1 Å². The Bertz CT molecular complexity index is 549. The van der Waals surface area contributed by atoms with Gasteiger partial charge in [0, 0.05) is 5.02 Å². The van der Waals surface area contributed by atoms with Crippen LogP contribution in [-0.4, -0.2) is 0 Å². The summed E-state index contributed by atoms with van der Waals surface area (Å²) in [5.74, 6) is 0. The summed E-state index contributed by atoms with van der Waals surface area (Å²) in [6, 6.07) is 14.2. The summed E-state index contributed by atoms with van der Waals surface area (Å²) in [5.41, 5.74) is 3.39. The summed E-state index contributed by atoms with van der Waals surface area (Å²) in [5, 5.41) is 4.83. The third-order valence-corrected chi connectivity index (χ3v) is 3.71. The summed E-state index contributed by atoms with van der Waals surface area (Å²) < 4.78 is 0. The Balaban J connectivity index is 2.23. The summed E-state index contributed by atoms with van der Waals surface area (Å²) >= 11 is 12.2. The topological polar surface area (TPSA) is 12.0 Å². The molecule has 19 heavy (non-hydrogen) atoms. The van der Waals surface area contributed by atoms with Gasteiger partial charge in [0.1, 0.15) is 0 Å². The number of rotatable bonds is 4. The van der Waals surface area contributed by atoms with Gasteiger partial charge in [-0.3, -0.25) is 0 Å². The highest BCUT2D eigenvalue weighted by molar-refractivity contribution is 6.35. The molecule has 0 heterocycles. The molecule has 1 atom stereocenters. The zero-order valence-electron chi connectivity index (χ0n) is 11.1. The van der Waals surface area contributed by atoms with Crippen LogP contribution in [0.2, 0.25) is 10.0 Å². The Labute approximate surface area is 124 Å². The number of hydrogen-bond acceptors (Lipinski definition) is 1. The fourth-order valence-corrected chi connectivity index (χ4v) is 2.36. The molecule has 0 fully saturated rings. The van der Waals surface area contributed by atoms with Gasteiger partial charge in [0.25, 0.3) is 0 Å². The molecule has 100 valence electrons. The molecule has 0 amide bonds. The van der Waals surface area contributed by atoms with Crippen LogP contribution in [-0.2, 0) is 0 Å². The maximum absolute atomic E-state index is 6.19. The minimum absolute atomic E-state index is 0.233. The highest BCUT2D eigenvalue weighted by Gasteiger charge is 2.11. The first kappa shape index (κ1) is 14.2. The van der Waals surface area contributed by atoms with Crippen LogP contribution >= 0.6 is 23.2 Å². The zero-order chi connectivity index (χ0) is 13.8. The molecule has 2 aromatic carbocycles. The van der Waals surface area contributed by atoms with Crippen molar-refractivity contribution >= 4 is 28.9 Å². The maximum atomic E-state index is 6.19. The van der Waals surface area contributed by atoms with E-state index in [1.165, 1.54) is 11.1 Å². The van der Waals surface area contributed by atoms with E-state index in [9.17, 15) is 0 Å². The normalized spacial score (nSPS) is 12.2. The monoisotopic (exact) mass is 293 g/mol. The molecule has 0 aliphatic rings.